The first kappa shape index (κ1) is 13.0. The van der Waals surface area contributed by atoms with Crippen LogP contribution in [0.3, 0.4) is 0 Å². The molecule has 0 spiro atoms. The summed E-state index contributed by atoms with van der Waals surface area (Å²) in [6.45, 7) is 6.50. The van der Waals surface area contributed by atoms with Crippen LogP contribution in [0.15, 0.2) is 35.4 Å². The molecule has 18 heavy (non-hydrogen) atoms. The van der Waals surface area contributed by atoms with E-state index in [9.17, 15) is 8.78 Å². The lowest BCUT2D eigenvalue weighted by molar-refractivity contribution is 0.423. The van der Waals surface area contributed by atoms with Gasteiger partial charge in [0.2, 0.25) is 0 Å². The molecule has 0 heterocycles. The summed E-state index contributed by atoms with van der Waals surface area (Å²) in [5.41, 5.74) is 3.39. The van der Waals surface area contributed by atoms with Crippen molar-refractivity contribution in [3.8, 4) is 0 Å². The number of hydrogen-bond donors (Lipinski definition) is 0. The molecule has 0 saturated carbocycles. The van der Waals surface area contributed by atoms with Gasteiger partial charge in [0, 0.05) is 0 Å². The first-order valence-electron chi connectivity index (χ1n) is 6.23. The Kier molecular flexibility index (Phi) is 3.38. The standard InChI is InChI=1S/C16H18F2/c1-11-10-16(2,3)7-6-13(11)8-12-4-5-14(17)15(18)9-12/h4-5,8-10H,6-7H2,1-3H3/b13-8-. The molecule has 1 aromatic carbocycles. The number of hydrogen-bond acceptors (Lipinski definition) is 0. The summed E-state index contributed by atoms with van der Waals surface area (Å²) in [7, 11) is 0. The van der Waals surface area contributed by atoms with Crippen molar-refractivity contribution in [2.45, 2.75) is 33.6 Å². The van der Waals surface area contributed by atoms with E-state index in [0.717, 1.165) is 18.4 Å². The van der Waals surface area contributed by atoms with Crippen molar-refractivity contribution in [3.05, 3.63) is 52.6 Å². The quantitative estimate of drug-likeness (QED) is 0.647. The molecule has 0 saturated heterocycles. The Bertz CT molecular complexity index is 522. The molecule has 0 nitrogen and oxygen atoms in total. The smallest absolute Gasteiger partial charge is 0.159 e. The first-order chi connectivity index (χ1) is 8.37. The molecule has 0 amide bonds. The van der Waals surface area contributed by atoms with Gasteiger partial charge < -0.3 is 0 Å². The fourth-order valence-corrected chi connectivity index (χ4v) is 2.39. The molecule has 0 radical (unpaired) electrons. The van der Waals surface area contributed by atoms with Crippen LogP contribution >= 0.6 is 0 Å². The van der Waals surface area contributed by atoms with Gasteiger partial charge >= 0.3 is 0 Å². The highest BCUT2D eigenvalue weighted by atomic mass is 19.2. The predicted octanol–water partition coefficient (Wildman–Crippen LogP) is 5.11. The van der Waals surface area contributed by atoms with E-state index in [4.69, 9.17) is 0 Å². The van der Waals surface area contributed by atoms with E-state index >= 15 is 0 Å². The van der Waals surface area contributed by atoms with Gasteiger partial charge in [-0.25, -0.2) is 8.78 Å². The molecule has 0 N–H and O–H groups in total. The zero-order chi connectivity index (χ0) is 13.3. The van der Waals surface area contributed by atoms with Crippen molar-refractivity contribution in [1.29, 1.82) is 0 Å². The van der Waals surface area contributed by atoms with E-state index in [1.807, 2.05) is 6.08 Å². The van der Waals surface area contributed by atoms with Crippen molar-refractivity contribution in [2.75, 3.05) is 0 Å². The molecule has 96 valence electrons. The molecule has 0 aromatic heterocycles. The largest absolute Gasteiger partial charge is 0.204 e. The Morgan fingerprint density at radius 2 is 1.89 bits per heavy atom. The average molecular weight is 248 g/mol. The maximum absolute atomic E-state index is 13.1. The zero-order valence-corrected chi connectivity index (χ0v) is 11.1. The summed E-state index contributed by atoms with van der Waals surface area (Å²) < 4.78 is 26.0. The molecule has 0 fully saturated rings. The fraction of sp³-hybridized carbons (Fsp3) is 0.375. The summed E-state index contributed by atoms with van der Waals surface area (Å²) in [4.78, 5) is 0. The van der Waals surface area contributed by atoms with Crippen LogP contribution in [0, 0.1) is 17.0 Å². The van der Waals surface area contributed by atoms with Crippen molar-refractivity contribution in [3.63, 3.8) is 0 Å². The Hall–Kier alpha value is -1.44. The molecule has 1 aliphatic carbocycles. The monoisotopic (exact) mass is 248 g/mol. The van der Waals surface area contributed by atoms with E-state index in [2.05, 4.69) is 26.8 Å². The number of halogens is 2. The van der Waals surface area contributed by atoms with Gasteiger partial charge in [-0.1, -0.05) is 37.6 Å². The van der Waals surface area contributed by atoms with Gasteiger partial charge in [-0.2, -0.15) is 0 Å². The molecule has 0 bridgehead atoms. The maximum atomic E-state index is 13.1. The fourth-order valence-electron chi connectivity index (χ4n) is 2.39. The first-order valence-corrected chi connectivity index (χ1v) is 6.23. The summed E-state index contributed by atoms with van der Waals surface area (Å²) in [6.07, 6.45) is 6.26. The van der Waals surface area contributed by atoms with Gasteiger partial charge in [-0.05, 0) is 48.4 Å². The van der Waals surface area contributed by atoms with Crippen LogP contribution in [0.4, 0.5) is 8.78 Å². The lowest BCUT2D eigenvalue weighted by Crippen LogP contribution is -2.13. The Morgan fingerprint density at radius 3 is 2.50 bits per heavy atom. The van der Waals surface area contributed by atoms with Gasteiger partial charge in [0.1, 0.15) is 0 Å². The normalized spacial score (nSPS) is 20.9. The highest BCUT2D eigenvalue weighted by Gasteiger charge is 2.21. The van der Waals surface area contributed by atoms with E-state index in [1.54, 1.807) is 6.07 Å². The minimum Gasteiger partial charge on any atom is -0.204 e. The molecule has 0 aliphatic heterocycles. The van der Waals surface area contributed by atoms with Crippen molar-refractivity contribution in [1.82, 2.24) is 0 Å². The zero-order valence-electron chi connectivity index (χ0n) is 11.1. The van der Waals surface area contributed by atoms with Crippen molar-refractivity contribution < 1.29 is 8.78 Å². The van der Waals surface area contributed by atoms with Crippen LogP contribution in [0.2, 0.25) is 0 Å². The SMILES string of the molecule is CC1=CC(C)(C)CC/C1=C/c1ccc(F)c(F)c1. The summed E-state index contributed by atoms with van der Waals surface area (Å²) in [5, 5.41) is 0. The van der Waals surface area contributed by atoms with Crippen molar-refractivity contribution >= 4 is 6.08 Å². The molecule has 1 aromatic rings. The second kappa shape index (κ2) is 4.68. The maximum Gasteiger partial charge on any atom is 0.159 e. The lowest BCUT2D eigenvalue weighted by Gasteiger charge is -2.28. The molecular formula is C16H18F2. The van der Waals surface area contributed by atoms with E-state index in [0.29, 0.717) is 0 Å². The van der Waals surface area contributed by atoms with Gasteiger partial charge in [0.05, 0.1) is 0 Å². The minimum absolute atomic E-state index is 0.232. The Balaban J connectivity index is 2.32. The second-order valence-corrected chi connectivity index (χ2v) is 5.66. The van der Waals surface area contributed by atoms with E-state index in [1.165, 1.54) is 23.3 Å². The molecule has 0 unspecified atom stereocenters. The topological polar surface area (TPSA) is 0 Å². The Morgan fingerprint density at radius 1 is 1.17 bits per heavy atom. The number of benzene rings is 1. The highest BCUT2D eigenvalue weighted by molar-refractivity contribution is 5.59. The lowest BCUT2D eigenvalue weighted by atomic mass is 9.77. The molecule has 0 atom stereocenters. The second-order valence-electron chi connectivity index (χ2n) is 5.66. The Labute approximate surface area is 107 Å². The van der Waals surface area contributed by atoms with Crippen LogP contribution in [-0.2, 0) is 0 Å². The van der Waals surface area contributed by atoms with Gasteiger partial charge in [0.15, 0.2) is 11.6 Å². The van der Waals surface area contributed by atoms with Crippen LogP contribution in [0.1, 0.15) is 39.2 Å². The van der Waals surface area contributed by atoms with Gasteiger partial charge in [-0.3, -0.25) is 0 Å². The molecular weight excluding hydrogens is 230 g/mol. The summed E-state index contributed by atoms with van der Waals surface area (Å²) in [5.74, 6) is -1.59. The summed E-state index contributed by atoms with van der Waals surface area (Å²) >= 11 is 0. The van der Waals surface area contributed by atoms with E-state index < -0.39 is 11.6 Å². The van der Waals surface area contributed by atoms with Gasteiger partial charge in [-0.15, -0.1) is 0 Å². The minimum atomic E-state index is -0.797. The molecule has 2 heteroatoms. The number of allylic oxidation sites excluding steroid dienone is 3. The third-order valence-corrected chi connectivity index (χ3v) is 3.44. The van der Waals surface area contributed by atoms with Crippen LogP contribution in [0.25, 0.3) is 6.08 Å². The third-order valence-electron chi connectivity index (χ3n) is 3.44. The predicted molar refractivity (Wildman–Crippen MR) is 71.1 cm³/mol. The molecule has 1 aliphatic rings. The average Bonchev–Trinajstić information content (AvgIpc) is 2.27. The van der Waals surface area contributed by atoms with Crippen LogP contribution in [0.5, 0.6) is 0 Å². The van der Waals surface area contributed by atoms with Crippen LogP contribution in [-0.4, -0.2) is 0 Å². The van der Waals surface area contributed by atoms with Crippen molar-refractivity contribution in [2.24, 2.45) is 5.41 Å². The van der Waals surface area contributed by atoms with Gasteiger partial charge in [0.25, 0.3) is 0 Å². The third kappa shape index (κ3) is 2.87. The highest BCUT2D eigenvalue weighted by Crippen LogP contribution is 2.36. The van der Waals surface area contributed by atoms with E-state index in [-0.39, 0.29) is 5.41 Å². The summed E-state index contributed by atoms with van der Waals surface area (Å²) in [6, 6.07) is 4.03. The van der Waals surface area contributed by atoms with Crippen LogP contribution < -0.4 is 0 Å². The number of rotatable bonds is 1. The molecule has 2 rings (SSSR count).